The number of ether oxygens (including phenoxy) is 1. The third kappa shape index (κ3) is 5.60. The number of benzene rings is 1. The van der Waals surface area contributed by atoms with Gasteiger partial charge in [-0.15, -0.1) is 4.91 Å². The maximum Gasteiger partial charge on any atom is 0.339 e. The molecule has 3 rings (SSSR count). The predicted octanol–water partition coefficient (Wildman–Crippen LogP) is 3.65. The Hall–Kier alpha value is -3.73. The lowest BCUT2D eigenvalue weighted by molar-refractivity contribution is 0.0303. The van der Waals surface area contributed by atoms with Gasteiger partial charge in [0, 0.05) is 35.3 Å². The van der Waals surface area contributed by atoms with Crippen molar-refractivity contribution < 1.29 is 14.3 Å². The predicted molar refractivity (Wildman–Crippen MR) is 128 cm³/mol. The average molecular weight is 469 g/mol. The molecule has 0 saturated carbocycles. The highest BCUT2D eigenvalue weighted by Crippen LogP contribution is 2.41. The third-order valence-corrected chi connectivity index (χ3v) is 6.23. The summed E-state index contributed by atoms with van der Waals surface area (Å²) in [6.45, 7) is 7.90. The molecule has 1 aromatic rings. The summed E-state index contributed by atoms with van der Waals surface area (Å²) in [7, 11) is 0. The number of nitrogens with zero attached hydrogens (tertiary/aromatic N) is 4. The van der Waals surface area contributed by atoms with Crippen molar-refractivity contribution in [2.75, 3.05) is 31.6 Å². The number of anilines is 1. The van der Waals surface area contributed by atoms with E-state index >= 15 is 0 Å². The molecule has 0 aromatic heterocycles. The van der Waals surface area contributed by atoms with E-state index in [1.54, 1.807) is 35.2 Å². The Balaban J connectivity index is 1.60. The molecule has 1 fully saturated rings. The lowest BCUT2D eigenvalue weighted by atomic mass is 9.69. The number of hydrogen-bond acceptors (Lipinski definition) is 8. The molecule has 2 N–H and O–H groups in total. The molecule has 0 radical (unpaired) electrons. The van der Waals surface area contributed by atoms with Gasteiger partial charge in [-0.3, -0.25) is 4.79 Å². The summed E-state index contributed by atoms with van der Waals surface area (Å²) in [6, 6.07) is 5.19. The molecule has 180 valence electrons. The number of rotatable bonds is 7. The van der Waals surface area contributed by atoms with E-state index < -0.39 is 17.5 Å². The van der Waals surface area contributed by atoms with Crippen LogP contribution >= 0.6 is 0 Å². The zero-order valence-electron chi connectivity index (χ0n) is 19.4. The molecule has 2 aliphatic rings. The van der Waals surface area contributed by atoms with E-state index in [9.17, 15) is 19.4 Å². The molecule has 0 bridgehead atoms. The maximum absolute atomic E-state index is 12.5. The van der Waals surface area contributed by atoms with Crippen molar-refractivity contribution in [2.45, 2.75) is 26.8 Å². The Morgan fingerprint density at radius 2 is 1.85 bits per heavy atom. The van der Waals surface area contributed by atoms with Crippen molar-refractivity contribution in [3.05, 3.63) is 63.1 Å². The minimum atomic E-state index is -0.730. The first-order chi connectivity index (χ1) is 16.3. The summed E-state index contributed by atoms with van der Waals surface area (Å²) in [6.07, 6.45) is 4.45. The molecule has 1 aliphatic heterocycles. The van der Waals surface area contributed by atoms with Crippen LogP contribution in [0, 0.1) is 21.1 Å². The summed E-state index contributed by atoms with van der Waals surface area (Å²) in [5.74, 6) is -0.0323. The van der Waals surface area contributed by atoms with Gasteiger partial charge in [0.2, 0.25) is 0 Å². The van der Waals surface area contributed by atoms with E-state index in [0.29, 0.717) is 43.1 Å². The molecular weight excluding hydrogens is 440 g/mol. The van der Waals surface area contributed by atoms with Crippen LogP contribution in [0.3, 0.4) is 0 Å². The van der Waals surface area contributed by atoms with E-state index in [-0.39, 0.29) is 17.5 Å². The van der Waals surface area contributed by atoms with Crippen LogP contribution in [0.15, 0.2) is 63.1 Å². The van der Waals surface area contributed by atoms with Crippen LogP contribution in [0.2, 0.25) is 0 Å². The number of morpholine rings is 1. The van der Waals surface area contributed by atoms with E-state index in [0.717, 1.165) is 0 Å². The fourth-order valence-corrected chi connectivity index (χ4v) is 3.72. The van der Waals surface area contributed by atoms with E-state index in [2.05, 4.69) is 26.2 Å². The lowest BCUT2D eigenvalue weighted by Gasteiger charge is -2.36. The number of amides is 3. The number of nitrogens with one attached hydrogen (secondary N) is 2. The quantitative estimate of drug-likeness (QED) is 0.357. The van der Waals surface area contributed by atoms with Gasteiger partial charge in [-0.05, 0) is 41.4 Å². The Morgan fingerprint density at radius 1 is 1.18 bits per heavy atom. The fraction of sp³-hybridized carbons (Fsp3) is 0.435. The summed E-state index contributed by atoms with van der Waals surface area (Å²) in [5, 5.41) is 12.6. The molecule has 11 nitrogen and oxygen atoms in total. The van der Waals surface area contributed by atoms with Gasteiger partial charge in [0.25, 0.3) is 5.91 Å². The number of carbonyl (C=O) groups is 2. The molecule has 1 saturated heterocycles. The van der Waals surface area contributed by atoms with Gasteiger partial charge in [0.15, 0.2) is 0 Å². The van der Waals surface area contributed by atoms with Crippen LogP contribution in [0.4, 0.5) is 10.5 Å². The smallest absolute Gasteiger partial charge is 0.339 e. The maximum atomic E-state index is 12.5. The van der Waals surface area contributed by atoms with E-state index in [4.69, 9.17) is 4.74 Å². The van der Waals surface area contributed by atoms with Gasteiger partial charge in [0.1, 0.15) is 11.7 Å². The van der Waals surface area contributed by atoms with Crippen LogP contribution < -0.4 is 10.7 Å². The second kappa shape index (κ2) is 10.9. The minimum absolute atomic E-state index is 0.0363. The van der Waals surface area contributed by atoms with Gasteiger partial charge < -0.3 is 15.0 Å². The first-order valence-corrected chi connectivity index (χ1v) is 11.0. The van der Waals surface area contributed by atoms with Crippen LogP contribution in [-0.2, 0) is 4.74 Å². The first-order valence-electron chi connectivity index (χ1n) is 11.0. The summed E-state index contributed by atoms with van der Waals surface area (Å²) >= 11 is 0. The Morgan fingerprint density at radius 3 is 2.44 bits per heavy atom. The molecule has 1 heterocycles. The van der Waals surface area contributed by atoms with Crippen LogP contribution in [0.5, 0.6) is 0 Å². The Labute approximate surface area is 197 Å². The van der Waals surface area contributed by atoms with Crippen LogP contribution in [-0.4, -0.2) is 55.4 Å². The van der Waals surface area contributed by atoms with Crippen LogP contribution in [0.1, 0.15) is 31.1 Å². The van der Waals surface area contributed by atoms with Gasteiger partial charge >= 0.3 is 6.03 Å². The SMILES string of the molecule is CC(C)C1(C)C=C(/C=N/NC(=O)Nc2ccc(C(=O)N3CCOCC3)cc2)C(N=O)=CC1N=O. The van der Waals surface area contributed by atoms with Gasteiger partial charge in [-0.25, -0.2) is 10.2 Å². The molecule has 11 heteroatoms. The second-order valence-electron chi connectivity index (χ2n) is 8.62. The number of carbonyl (C=O) groups excluding carboxylic acids is 2. The largest absolute Gasteiger partial charge is 0.378 e. The highest BCUT2D eigenvalue weighted by Gasteiger charge is 2.39. The normalized spacial score (nSPS) is 22.7. The van der Waals surface area contributed by atoms with Crippen LogP contribution in [0.25, 0.3) is 0 Å². The van der Waals surface area contributed by atoms with Crippen molar-refractivity contribution in [3.8, 4) is 0 Å². The first kappa shape index (κ1) is 24.9. The van der Waals surface area contributed by atoms with Crippen molar-refractivity contribution in [1.82, 2.24) is 10.3 Å². The van der Waals surface area contributed by atoms with Crippen molar-refractivity contribution in [3.63, 3.8) is 0 Å². The standard InChI is InChI=1S/C23H28N6O5/c1-15(2)23(3)13-17(19(27-32)12-20(23)28-33)14-24-26-22(31)25-18-6-4-16(5-7-18)21(30)29-8-10-34-11-9-29/h4-7,12-15,20H,8-11H2,1-3H3,(H2,25,26,31)/b24-14+. The number of hydrogen-bond donors (Lipinski definition) is 2. The minimum Gasteiger partial charge on any atom is -0.378 e. The zero-order chi connectivity index (χ0) is 24.7. The summed E-state index contributed by atoms with van der Waals surface area (Å²) < 4.78 is 5.26. The monoisotopic (exact) mass is 468 g/mol. The topological polar surface area (TPSA) is 142 Å². The fourth-order valence-electron chi connectivity index (χ4n) is 3.72. The van der Waals surface area contributed by atoms with Gasteiger partial charge in [-0.2, -0.15) is 10.0 Å². The van der Waals surface area contributed by atoms with Gasteiger partial charge in [-0.1, -0.05) is 32.0 Å². The number of urea groups is 1. The third-order valence-electron chi connectivity index (χ3n) is 6.23. The molecule has 3 amide bonds. The number of allylic oxidation sites excluding steroid dienone is 1. The van der Waals surface area contributed by atoms with Crippen molar-refractivity contribution in [2.24, 2.45) is 26.8 Å². The average Bonchev–Trinajstić information content (AvgIpc) is 2.84. The summed E-state index contributed by atoms with van der Waals surface area (Å²) in [4.78, 5) is 48.9. The molecule has 2 atom stereocenters. The molecule has 2 unspecified atom stereocenters. The highest BCUT2D eigenvalue weighted by molar-refractivity contribution is 5.96. The second-order valence-corrected chi connectivity index (χ2v) is 8.62. The van der Waals surface area contributed by atoms with Crippen molar-refractivity contribution >= 4 is 23.8 Å². The molecule has 1 aliphatic carbocycles. The lowest BCUT2D eigenvalue weighted by Crippen LogP contribution is -2.40. The molecule has 0 spiro atoms. The molecule has 1 aromatic carbocycles. The van der Waals surface area contributed by atoms with E-state index in [1.165, 1.54) is 12.3 Å². The Bertz CT molecular complexity index is 1030. The molecule has 34 heavy (non-hydrogen) atoms. The van der Waals surface area contributed by atoms with E-state index in [1.807, 2.05) is 20.8 Å². The number of hydrazone groups is 1. The zero-order valence-corrected chi connectivity index (χ0v) is 19.4. The Kier molecular flexibility index (Phi) is 8.00. The number of nitroso groups, excluding NO2 is 2. The highest BCUT2D eigenvalue weighted by atomic mass is 16.5. The summed E-state index contributed by atoms with van der Waals surface area (Å²) in [5.41, 5.74) is 3.12. The molecular formula is C23H28N6O5. The van der Waals surface area contributed by atoms with Crippen molar-refractivity contribution in [1.29, 1.82) is 0 Å². The van der Waals surface area contributed by atoms with Gasteiger partial charge in [0.05, 0.1) is 19.4 Å².